The lowest BCUT2D eigenvalue weighted by atomic mass is 10.1. The van der Waals surface area contributed by atoms with Gasteiger partial charge >= 0.3 is 6.01 Å². The second-order valence-corrected chi connectivity index (χ2v) is 8.92. The van der Waals surface area contributed by atoms with Gasteiger partial charge in [0.05, 0.1) is 10.0 Å². The molecule has 0 aliphatic carbocycles. The molecule has 2 heterocycles. The minimum Gasteiger partial charge on any atom is -0.473 e. The maximum Gasteiger partial charge on any atom is 0.316 e. The zero-order valence-corrected chi connectivity index (χ0v) is 20.5. The first-order valence-corrected chi connectivity index (χ1v) is 12.0. The molecule has 0 amide bonds. The van der Waals surface area contributed by atoms with Crippen LogP contribution in [0, 0.1) is 0 Å². The van der Waals surface area contributed by atoms with Gasteiger partial charge in [0.25, 0.3) is 0 Å². The number of benzene rings is 1. The van der Waals surface area contributed by atoms with Crippen LogP contribution in [0.5, 0.6) is 11.9 Å². The summed E-state index contributed by atoms with van der Waals surface area (Å²) in [7, 11) is -2.89. The third-order valence-corrected chi connectivity index (χ3v) is 5.67. The number of thiol groups is 1. The molecule has 0 bridgehead atoms. The summed E-state index contributed by atoms with van der Waals surface area (Å²) < 4.78 is 38.0. The van der Waals surface area contributed by atoms with Gasteiger partial charge in [0.15, 0.2) is 5.82 Å². The van der Waals surface area contributed by atoms with Crippen LogP contribution in [0.25, 0.3) is 11.1 Å². The quantitative estimate of drug-likeness (QED) is 0.290. The molecule has 0 unspecified atom stereocenters. The average Bonchev–Trinajstić information content (AvgIpc) is 2.76. The van der Waals surface area contributed by atoms with E-state index in [9.17, 15) is 8.42 Å². The normalized spacial score (nSPS) is 10.8. The van der Waals surface area contributed by atoms with Crippen LogP contribution in [-0.2, 0) is 10.9 Å². The van der Waals surface area contributed by atoms with Crippen molar-refractivity contribution in [1.82, 2.24) is 19.9 Å². The van der Waals surface area contributed by atoms with Gasteiger partial charge in [0.1, 0.15) is 19.5 Å². The van der Waals surface area contributed by atoms with Crippen molar-refractivity contribution in [3.05, 3.63) is 51.9 Å². The van der Waals surface area contributed by atoms with Gasteiger partial charge in [-0.25, -0.2) is 28.4 Å². The van der Waals surface area contributed by atoms with Crippen LogP contribution in [0.3, 0.4) is 0 Å². The molecule has 0 saturated carbocycles. The Labute approximate surface area is 198 Å². The number of halogens is 2. The highest BCUT2D eigenvalue weighted by Gasteiger charge is 2.21. The number of nitrogens with zero attached hydrogens (tertiary/aromatic N) is 5. The van der Waals surface area contributed by atoms with E-state index < -0.39 is 10.9 Å². The fraction of sp³-hybridized carbons (Fsp3) is 0.263. The second kappa shape index (κ2) is 11.3. The molecule has 2 aromatic heterocycles. The van der Waals surface area contributed by atoms with Gasteiger partial charge in [-0.3, -0.25) is 4.31 Å². The summed E-state index contributed by atoms with van der Waals surface area (Å²) in [5.41, 5.74) is 1.21. The lowest BCUT2D eigenvalue weighted by Gasteiger charge is -2.20. The first kappa shape index (κ1) is 23.4. The largest absolute Gasteiger partial charge is 0.473 e. The molecule has 3 rings (SSSR count). The highest BCUT2D eigenvalue weighted by atomic mass is 79.9. The van der Waals surface area contributed by atoms with Gasteiger partial charge in [-0.15, -0.1) is 0 Å². The molecule has 0 aliphatic heterocycles. The summed E-state index contributed by atoms with van der Waals surface area (Å²) in [6, 6.07) is 7.61. The van der Waals surface area contributed by atoms with E-state index in [1.165, 1.54) is 10.6 Å². The highest BCUT2D eigenvalue weighted by molar-refractivity contribution is 9.10. The van der Waals surface area contributed by atoms with Gasteiger partial charge in [-0.05, 0) is 40.0 Å². The fourth-order valence-corrected chi connectivity index (χ4v) is 3.80. The van der Waals surface area contributed by atoms with Gasteiger partial charge in [0.2, 0.25) is 16.8 Å². The maximum atomic E-state index is 11.9. The van der Waals surface area contributed by atoms with Crippen molar-refractivity contribution < 1.29 is 17.9 Å². The standard InChI is InChI=1S/C19H19Br2N5O4S/c1-2-7-26(31(27)28)17-16(13-3-5-14(20)6-4-13)18(25-12-24-17)29-8-9-30-19-22-10-15(21)11-23-19/h3-6,10-12,31H,2,7-9H2,1H3. The Balaban J connectivity index is 1.87. The number of hydrogen-bond acceptors (Lipinski definition) is 8. The number of hydrogen-bond donors (Lipinski definition) is 1. The van der Waals surface area contributed by atoms with Crippen LogP contribution < -0.4 is 13.8 Å². The number of anilines is 1. The molecule has 0 spiro atoms. The molecule has 3 aromatic rings. The van der Waals surface area contributed by atoms with Crippen molar-refractivity contribution in [2.75, 3.05) is 24.1 Å². The third-order valence-electron chi connectivity index (χ3n) is 3.95. The van der Waals surface area contributed by atoms with Crippen LogP contribution in [0.1, 0.15) is 13.3 Å². The lowest BCUT2D eigenvalue weighted by molar-refractivity contribution is 0.202. The van der Waals surface area contributed by atoms with Crippen molar-refractivity contribution in [3.8, 4) is 23.0 Å². The van der Waals surface area contributed by atoms with E-state index in [1.807, 2.05) is 31.2 Å². The second-order valence-electron chi connectivity index (χ2n) is 6.13. The van der Waals surface area contributed by atoms with E-state index in [4.69, 9.17) is 9.47 Å². The first-order chi connectivity index (χ1) is 15.0. The Morgan fingerprint density at radius 3 is 2.26 bits per heavy atom. The summed E-state index contributed by atoms with van der Waals surface area (Å²) >= 11 is 6.67. The van der Waals surface area contributed by atoms with Crippen LogP contribution in [0.15, 0.2) is 51.9 Å². The van der Waals surface area contributed by atoms with Crippen molar-refractivity contribution in [1.29, 1.82) is 0 Å². The van der Waals surface area contributed by atoms with Crippen molar-refractivity contribution in [3.63, 3.8) is 0 Å². The number of ether oxygens (including phenoxy) is 2. The molecule has 0 aliphatic rings. The molecule has 12 heteroatoms. The molecule has 9 nitrogen and oxygen atoms in total. The molecule has 31 heavy (non-hydrogen) atoms. The predicted octanol–water partition coefficient (Wildman–Crippen LogP) is 3.66. The summed E-state index contributed by atoms with van der Waals surface area (Å²) in [6.45, 7) is 2.51. The molecule has 0 N–H and O–H groups in total. The fourth-order valence-electron chi connectivity index (χ4n) is 2.66. The molecular formula is C19H19Br2N5O4S. The van der Waals surface area contributed by atoms with E-state index >= 15 is 0 Å². The lowest BCUT2D eigenvalue weighted by Crippen LogP contribution is -2.24. The molecule has 0 atom stereocenters. The average molecular weight is 573 g/mol. The third kappa shape index (κ3) is 6.34. The minimum atomic E-state index is -2.89. The number of rotatable bonds is 10. The van der Waals surface area contributed by atoms with Crippen LogP contribution in [0.4, 0.5) is 5.82 Å². The molecule has 1 aromatic carbocycles. The molecule has 0 radical (unpaired) electrons. The topological polar surface area (TPSA) is 107 Å². The summed E-state index contributed by atoms with van der Waals surface area (Å²) in [5, 5.41) is 0. The first-order valence-electron chi connectivity index (χ1n) is 9.25. The summed E-state index contributed by atoms with van der Waals surface area (Å²) in [6.07, 6.45) is 5.08. The predicted molar refractivity (Wildman–Crippen MR) is 124 cm³/mol. The highest BCUT2D eigenvalue weighted by Crippen LogP contribution is 2.36. The SMILES string of the molecule is CCCN(c1ncnc(OCCOc2ncc(Br)cn2)c1-c1ccc(Br)cc1)[SH](=O)=O. The minimum absolute atomic E-state index is 0.149. The van der Waals surface area contributed by atoms with Gasteiger partial charge < -0.3 is 9.47 Å². The Morgan fingerprint density at radius 1 is 0.935 bits per heavy atom. The van der Waals surface area contributed by atoms with Crippen molar-refractivity contribution >= 4 is 48.6 Å². The monoisotopic (exact) mass is 571 g/mol. The van der Waals surface area contributed by atoms with Gasteiger partial charge in [0, 0.05) is 23.4 Å². The van der Waals surface area contributed by atoms with E-state index in [-0.39, 0.29) is 30.9 Å². The summed E-state index contributed by atoms with van der Waals surface area (Å²) in [4.78, 5) is 16.5. The van der Waals surface area contributed by atoms with E-state index in [1.54, 1.807) is 12.4 Å². The molecule has 164 valence electrons. The zero-order chi connectivity index (χ0) is 22.2. The molecule has 0 fully saturated rings. The van der Waals surface area contributed by atoms with Gasteiger partial charge in [-0.1, -0.05) is 35.0 Å². The smallest absolute Gasteiger partial charge is 0.316 e. The molecular weight excluding hydrogens is 554 g/mol. The van der Waals surface area contributed by atoms with Crippen LogP contribution in [0.2, 0.25) is 0 Å². The Morgan fingerprint density at radius 2 is 1.61 bits per heavy atom. The Bertz CT molecular complexity index is 1070. The van der Waals surface area contributed by atoms with E-state index in [2.05, 4.69) is 51.8 Å². The van der Waals surface area contributed by atoms with Crippen LogP contribution in [-0.4, -0.2) is 48.1 Å². The zero-order valence-electron chi connectivity index (χ0n) is 16.4. The maximum absolute atomic E-state index is 11.9. The Kier molecular flexibility index (Phi) is 8.55. The molecule has 0 saturated heterocycles. The van der Waals surface area contributed by atoms with Crippen molar-refractivity contribution in [2.45, 2.75) is 13.3 Å². The van der Waals surface area contributed by atoms with E-state index in [0.717, 1.165) is 14.5 Å². The Hall–Kier alpha value is -2.31. The van der Waals surface area contributed by atoms with Crippen molar-refractivity contribution in [2.24, 2.45) is 0 Å². The van der Waals surface area contributed by atoms with Gasteiger partial charge in [-0.2, -0.15) is 0 Å². The van der Waals surface area contributed by atoms with Crippen LogP contribution >= 0.6 is 31.9 Å². The number of aromatic nitrogens is 4. The summed E-state index contributed by atoms with van der Waals surface area (Å²) in [5.74, 6) is 0.521. The van der Waals surface area contributed by atoms with E-state index in [0.29, 0.717) is 18.5 Å².